The maximum Gasteiger partial charge on any atom is 0.314 e. The van der Waals surface area contributed by atoms with Gasteiger partial charge in [0.25, 0.3) is 0 Å². The van der Waals surface area contributed by atoms with Crippen molar-refractivity contribution >= 4 is 5.97 Å². The van der Waals surface area contributed by atoms with E-state index in [4.69, 9.17) is 4.74 Å². The van der Waals surface area contributed by atoms with E-state index in [0.717, 1.165) is 6.42 Å². The zero-order valence-electron chi connectivity index (χ0n) is 9.57. The van der Waals surface area contributed by atoms with Gasteiger partial charge in [0.05, 0.1) is 5.92 Å². The van der Waals surface area contributed by atoms with Crippen LogP contribution in [0.4, 0.5) is 0 Å². The largest absolute Gasteiger partial charge is 0.426 e. The molecule has 0 unspecified atom stereocenters. The summed E-state index contributed by atoms with van der Waals surface area (Å²) >= 11 is 0. The minimum Gasteiger partial charge on any atom is -0.426 e. The van der Waals surface area contributed by atoms with Gasteiger partial charge in [-0.2, -0.15) is 0 Å². The molecular formula is C13H18O2. The molecule has 0 saturated heterocycles. The lowest BCUT2D eigenvalue weighted by Gasteiger charge is -2.17. The van der Waals surface area contributed by atoms with E-state index in [1.807, 2.05) is 39.0 Å². The number of esters is 1. The lowest BCUT2D eigenvalue weighted by Crippen LogP contribution is -2.24. The van der Waals surface area contributed by atoms with Crippen molar-refractivity contribution in [1.29, 1.82) is 0 Å². The fourth-order valence-electron chi connectivity index (χ4n) is 1.59. The van der Waals surface area contributed by atoms with Crippen molar-refractivity contribution < 1.29 is 9.53 Å². The molecule has 0 aliphatic carbocycles. The van der Waals surface area contributed by atoms with Gasteiger partial charge in [-0.3, -0.25) is 4.79 Å². The number of hydrogen-bond donors (Lipinski definition) is 0. The number of hydrogen-bond acceptors (Lipinski definition) is 2. The first-order chi connectivity index (χ1) is 7.15. The van der Waals surface area contributed by atoms with E-state index in [1.165, 1.54) is 0 Å². The molecule has 1 aromatic rings. The van der Waals surface area contributed by atoms with E-state index in [-0.39, 0.29) is 11.9 Å². The Balaban J connectivity index is 2.62. The second-order valence-electron chi connectivity index (χ2n) is 3.99. The van der Waals surface area contributed by atoms with E-state index < -0.39 is 0 Å². The fourth-order valence-corrected chi connectivity index (χ4v) is 1.59. The van der Waals surface area contributed by atoms with Crippen LogP contribution in [0.1, 0.15) is 27.2 Å². The summed E-state index contributed by atoms with van der Waals surface area (Å²) < 4.78 is 5.29. The fraction of sp³-hybridized carbons (Fsp3) is 0.462. The minimum atomic E-state index is -0.126. The summed E-state index contributed by atoms with van der Waals surface area (Å²) in [6.45, 7) is 6.10. The molecule has 15 heavy (non-hydrogen) atoms. The summed E-state index contributed by atoms with van der Waals surface area (Å²) in [7, 11) is 0. The highest BCUT2D eigenvalue weighted by Crippen LogP contribution is 2.18. The Morgan fingerprint density at radius 1 is 1.27 bits per heavy atom. The third kappa shape index (κ3) is 3.39. The van der Waals surface area contributed by atoms with Gasteiger partial charge >= 0.3 is 5.97 Å². The summed E-state index contributed by atoms with van der Waals surface area (Å²) in [6.07, 6.45) is 0.823. The predicted octanol–water partition coefficient (Wildman–Crippen LogP) is 3.27. The van der Waals surface area contributed by atoms with Crippen LogP contribution in [-0.4, -0.2) is 5.97 Å². The molecule has 1 aromatic carbocycles. The van der Waals surface area contributed by atoms with Gasteiger partial charge in [0.15, 0.2) is 0 Å². The van der Waals surface area contributed by atoms with Crippen molar-refractivity contribution in [1.82, 2.24) is 0 Å². The molecule has 0 fully saturated rings. The average molecular weight is 206 g/mol. The van der Waals surface area contributed by atoms with Gasteiger partial charge in [0.2, 0.25) is 0 Å². The second-order valence-corrected chi connectivity index (χ2v) is 3.99. The lowest BCUT2D eigenvalue weighted by atomic mass is 9.93. The van der Waals surface area contributed by atoms with Crippen molar-refractivity contribution in [3.05, 3.63) is 30.3 Å². The first-order valence-electron chi connectivity index (χ1n) is 5.42. The SMILES string of the molecule is CC[C@H](C(=O)Oc1ccccc1)C(C)C. The molecule has 2 nitrogen and oxygen atoms in total. The highest BCUT2D eigenvalue weighted by molar-refractivity contribution is 5.75. The van der Waals surface area contributed by atoms with E-state index in [9.17, 15) is 4.79 Å². The maximum absolute atomic E-state index is 11.8. The summed E-state index contributed by atoms with van der Waals surface area (Å²) in [6, 6.07) is 9.21. The Hall–Kier alpha value is -1.31. The Labute approximate surface area is 91.3 Å². The van der Waals surface area contributed by atoms with Crippen LogP contribution in [0.3, 0.4) is 0 Å². The molecule has 0 spiro atoms. The Morgan fingerprint density at radius 2 is 1.87 bits per heavy atom. The quantitative estimate of drug-likeness (QED) is 0.558. The monoisotopic (exact) mass is 206 g/mol. The number of ether oxygens (including phenoxy) is 1. The van der Waals surface area contributed by atoms with E-state index in [0.29, 0.717) is 11.7 Å². The van der Waals surface area contributed by atoms with E-state index in [2.05, 4.69) is 0 Å². The first-order valence-corrected chi connectivity index (χ1v) is 5.42. The van der Waals surface area contributed by atoms with Gasteiger partial charge in [0.1, 0.15) is 5.75 Å². The van der Waals surface area contributed by atoms with Gasteiger partial charge in [0, 0.05) is 0 Å². The number of para-hydroxylation sites is 1. The summed E-state index contributed by atoms with van der Waals surface area (Å²) in [5.74, 6) is 0.816. The zero-order chi connectivity index (χ0) is 11.3. The Bertz CT molecular complexity index is 304. The average Bonchev–Trinajstić information content (AvgIpc) is 2.19. The number of carbonyl (C=O) groups is 1. The van der Waals surface area contributed by atoms with Crippen molar-refractivity contribution in [2.75, 3.05) is 0 Å². The van der Waals surface area contributed by atoms with Gasteiger partial charge < -0.3 is 4.74 Å². The summed E-state index contributed by atoms with van der Waals surface area (Å²) in [5, 5.41) is 0. The van der Waals surface area contributed by atoms with Crippen molar-refractivity contribution in [2.45, 2.75) is 27.2 Å². The molecule has 0 N–H and O–H groups in total. The number of carbonyl (C=O) groups excluding carboxylic acids is 1. The molecule has 0 saturated carbocycles. The van der Waals surface area contributed by atoms with Crippen molar-refractivity contribution in [3.63, 3.8) is 0 Å². The minimum absolute atomic E-state index is 0.00907. The molecule has 0 aromatic heterocycles. The topological polar surface area (TPSA) is 26.3 Å². The predicted molar refractivity (Wildman–Crippen MR) is 60.7 cm³/mol. The van der Waals surface area contributed by atoms with E-state index >= 15 is 0 Å². The first kappa shape index (κ1) is 11.8. The standard InChI is InChI=1S/C13H18O2/c1-4-12(10(2)3)13(14)15-11-8-6-5-7-9-11/h5-10,12H,4H2,1-3H3/t12-/m0/s1. The normalized spacial score (nSPS) is 12.5. The van der Waals surface area contributed by atoms with Crippen molar-refractivity contribution in [3.8, 4) is 5.75 Å². The van der Waals surface area contributed by atoms with Crippen molar-refractivity contribution in [2.24, 2.45) is 11.8 Å². The molecule has 1 atom stereocenters. The highest BCUT2D eigenvalue weighted by atomic mass is 16.5. The zero-order valence-corrected chi connectivity index (χ0v) is 9.57. The van der Waals surface area contributed by atoms with Gasteiger partial charge in [-0.15, -0.1) is 0 Å². The molecule has 82 valence electrons. The summed E-state index contributed by atoms with van der Waals surface area (Å²) in [5.41, 5.74) is 0. The van der Waals surface area contributed by atoms with Gasteiger partial charge in [-0.05, 0) is 24.5 Å². The molecule has 0 heterocycles. The molecule has 0 amide bonds. The smallest absolute Gasteiger partial charge is 0.314 e. The second kappa shape index (κ2) is 5.54. The molecule has 0 radical (unpaired) electrons. The van der Waals surface area contributed by atoms with Crippen LogP contribution in [0.5, 0.6) is 5.75 Å². The molecular weight excluding hydrogens is 188 g/mol. The molecule has 0 aliphatic rings. The van der Waals surface area contributed by atoms with Crippen LogP contribution in [0.2, 0.25) is 0 Å². The Kier molecular flexibility index (Phi) is 4.35. The number of rotatable bonds is 4. The van der Waals surface area contributed by atoms with Crippen LogP contribution in [0.25, 0.3) is 0 Å². The van der Waals surface area contributed by atoms with Crippen LogP contribution >= 0.6 is 0 Å². The molecule has 0 bridgehead atoms. The molecule has 2 heteroatoms. The van der Waals surface area contributed by atoms with E-state index in [1.54, 1.807) is 12.1 Å². The van der Waals surface area contributed by atoms with Crippen LogP contribution in [0, 0.1) is 11.8 Å². The third-order valence-corrected chi connectivity index (χ3v) is 2.51. The van der Waals surface area contributed by atoms with Crippen LogP contribution in [-0.2, 0) is 4.79 Å². The summed E-state index contributed by atoms with van der Waals surface area (Å²) in [4.78, 5) is 11.8. The third-order valence-electron chi connectivity index (χ3n) is 2.51. The Morgan fingerprint density at radius 3 is 2.33 bits per heavy atom. The maximum atomic E-state index is 11.8. The van der Waals surface area contributed by atoms with Gasteiger partial charge in [-0.25, -0.2) is 0 Å². The highest BCUT2D eigenvalue weighted by Gasteiger charge is 2.21. The van der Waals surface area contributed by atoms with Gasteiger partial charge in [-0.1, -0.05) is 39.0 Å². The molecule has 1 rings (SSSR count). The lowest BCUT2D eigenvalue weighted by molar-refractivity contribution is -0.140. The van der Waals surface area contributed by atoms with Crippen LogP contribution in [0.15, 0.2) is 30.3 Å². The molecule has 0 aliphatic heterocycles. The number of benzene rings is 1. The van der Waals surface area contributed by atoms with Crippen LogP contribution < -0.4 is 4.74 Å².